The lowest BCUT2D eigenvalue weighted by atomic mass is 9.72. The number of rotatable bonds is 10. The van der Waals surface area contributed by atoms with Crippen LogP contribution in [0.4, 0.5) is 23.0 Å². The van der Waals surface area contributed by atoms with Gasteiger partial charge in [-0.2, -0.15) is 0 Å². The number of pyridine rings is 1. The summed E-state index contributed by atoms with van der Waals surface area (Å²) in [6, 6.07) is 10.8. The van der Waals surface area contributed by atoms with Crippen molar-refractivity contribution in [3.8, 4) is 17.1 Å². The van der Waals surface area contributed by atoms with E-state index in [0.29, 0.717) is 53.4 Å². The normalized spacial score (nSPS) is 20.6. The molecule has 2 aromatic heterocycles. The van der Waals surface area contributed by atoms with Crippen LogP contribution < -0.4 is 26.0 Å². The van der Waals surface area contributed by atoms with Crippen molar-refractivity contribution >= 4 is 28.9 Å². The van der Waals surface area contributed by atoms with Crippen molar-refractivity contribution < 1.29 is 14.3 Å². The Bertz CT molecular complexity index is 1620. The number of carbonyl (C=O) groups excluding carboxylic acids is 1. The molecule has 4 aliphatic heterocycles. The molecule has 1 spiro atoms. The number of aromatic nitrogens is 3. The number of nitrogens with two attached hydrogens (primary N) is 1. The lowest BCUT2D eigenvalue weighted by Gasteiger charge is -2.54. The third-order valence-electron chi connectivity index (χ3n) is 11.0. The largest absolute Gasteiger partial charge is 0.494 e. The zero-order valence-corrected chi connectivity index (χ0v) is 29.2. The van der Waals surface area contributed by atoms with Crippen LogP contribution in [0.3, 0.4) is 0 Å². The topological polar surface area (TPSA) is 134 Å². The summed E-state index contributed by atoms with van der Waals surface area (Å²) in [7, 11) is 3.83. The Labute approximate surface area is 289 Å². The van der Waals surface area contributed by atoms with Gasteiger partial charge in [0.15, 0.2) is 17.3 Å². The molecule has 0 saturated carbocycles. The highest BCUT2D eigenvalue weighted by Crippen LogP contribution is 2.41. The summed E-state index contributed by atoms with van der Waals surface area (Å²) in [5.74, 6) is 0.660. The highest BCUT2D eigenvalue weighted by atomic mass is 16.5. The predicted molar refractivity (Wildman–Crippen MR) is 193 cm³/mol. The van der Waals surface area contributed by atoms with Gasteiger partial charge in [-0.1, -0.05) is 6.92 Å². The number of nitrogens with zero attached hydrogens (tertiary/aromatic N) is 6. The lowest BCUT2D eigenvalue weighted by molar-refractivity contribution is -0.0419. The van der Waals surface area contributed by atoms with Gasteiger partial charge in [0.2, 0.25) is 0 Å². The number of ether oxygens (including phenoxy) is 2. The van der Waals surface area contributed by atoms with E-state index in [1.54, 1.807) is 19.4 Å². The van der Waals surface area contributed by atoms with Crippen molar-refractivity contribution in [1.82, 2.24) is 24.8 Å². The Morgan fingerprint density at radius 1 is 1.02 bits per heavy atom. The van der Waals surface area contributed by atoms with Crippen molar-refractivity contribution in [1.29, 1.82) is 0 Å². The van der Waals surface area contributed by atoms with Crippen molar-refractivity contribution in [2.24, 2.45) is 11.1 Å². The number of hydrogen-bond donors (Lipinski definition) is 3. The number of primary amides is 1. The maximum Gasteiger partial charge on any atom is 0.271 e. The fraction of sp³-hybridized carbons (Fsp3) is 0.568. The molecular weight excluding hydrogens is 618 g/mol. The summed E-state index contributed by atoms with van der Waals surface area (Å²) in [5, 5.41) is 6.95. The number of methoxy groups -OCH3 is 1. The number of likely N-dealkylation sites (tertiary alicyclic amines) is 2. The Morgan fingerprint density at radius 3 is 2.45 bits per heavy atom. The highest BCUT2D eigenvalue weighted by molar-refractivity contribution is 5.97. The molecule has 49 heavy (non-hydrogen) atoms. The standard InChI is InChI=1S/C37H51N9O3/c1-4-25-22-27(7-8-29(25)46-16-9-28(10-17-46)45-18-13-37(14-19-45)23-44(2)24-37)41-36-33(34(38)47)42-32(31-30(48-3)6-5-15-39-31)35(43-36)40-26-11-20-49-21-12-26/h5-8,15,22,26,28H,4,9-14,16-21,23-24H2,1-3H3,(H2,38,47)(H2,40,41,43). The Morgan fingerprint density at radius 2 is 1.78 bits per heavy atom. The van der Waals surface area contributed by atoms with E-state index in [4.69, 9.17) is 25.2 Å². The van der Waals surface area contributed by atoms with Gasteiger partial charge in [0.05, 0.1) is 7.11 Å². The van der Waals surface area contributed by atoms with Crippen molar-refractivity contribution in [2.45, 2.75) is 64.0 Å². The van der Waals surface area contributed by atoms with Crippen LogP contribution in [0.25, 0.3) is 11.4 Å². The first-order valence-electron chi connectivity index (χ1n) is 18.0. The minimum Gasteiger partial charge on any atom is -0.494 e. The summed E-state index contributed by atoms with van der Waals surface area (Å²) in [6.45, 7) is 10.7. The fourth-order valence-corrected chi connectivity index (χ4v) is 8.37. The second-order valence-corrected chi connectivity index (χ2v) is 14.3. The number of aryl methyl sites for hydroxylation is 1. The van der Waals surface area contributed by atoms with Gasteiger partial charge in [-0.05, 0) is 106 Å². The molecule has 0 atom stereocenters. The van der Waals surface area contributed by atoms with Crippen LogP contribution in [0.1, 0.15) is 61.5 Å². The Balaban J connectivity index is 1.09. The highest BCUT2D eigenvalue weighted by Gasteiger charge is 2.44. The van der Waals surface area contributed by atoms with Gasteiger partial charge in [0.1, 0.15) is 17.1 Å². The molecule has 1 amide bonds. The summed E-state index contributed by atoms with van der Waals surface area (Å²) in [5.41, 5.74) is 10.8. The number of piperidine rings is 2. The van der Waals surface area contributed by atoms with Crippen LogP contribution in [-0.2, 0) is 11.2 Å². The number of carbonyl (C=O) groups is 1. The zero-order chi connectivity index (χ0) is 34.0. The maximum absolute atomic E-state index is 12.8. The molecule has 0 unspecified atom stereocenters. The Kier molecular flexibility index (Phi) is 9.89. The Hall–Kier alpha value is -4.00. The third-order valence-corrected chi connectivity index (χ3v) is 11.0. The van der Waals surface area contributed by atoms with E-state index >= 15 is 0 Å². The van der Waals surface area contributed by atoms with Crippen molar-refractivity contribution in [2.75, 3.05) is 82.2 Å². The van der Waals surface area contributed by atoms with Gasteiger partial charge >= 0.3 is 0 Å². The van der Waals surface area contributed by atoms with Crippen LogP contribution in [0.15, 0.2) is 36.5 Å². The number of anilines is 4. The van der Waals surface area contributed by atoms with Crippen LogP contribution in [0.5, 0.6) is 5.75 Å². The average Bonchev–Trinajstić information content (AvgIpc) is 3.12. The van der Waals surface area contributed by atoms with E-state index in [0.717, 1.165) is 38.0 Å². The third kappa shape index (κ3) is 7.18. The molecular formula is C37H51N9O3. The van der Waals surface area contributed by atoms with E-state index in [1.165, 1.54) is 63.1 Å². The zero-order valence-electron chi connectivity index (χ0n) is 29.2. The predicted octanol–water partition coefficient (Wildman–Crippen LogP) is 4.54. The number of benzene rings is 1. The summed E-state index contributed by atoms with van der Waals surface area (Å²) < 4.78 is 11.2. The summed E-state index contributed by atoms with van der Waals surface area (Å²) >= 11 is 0. The molecule has 4 saturated heterocycles. The first-order chi connectivity index (χ1) is 23.8. The smallest absolute Gasteiger partial charge is 0.271 e. The molecule has 12 nitrogen and oxygen atoms in total. The lowest BCUT2D eigenvalue weighted by Crippen LogP contribution is -2.60. The molecule has 0 aliphatic carbocycles. The molecule has 0 bridgehead atoms. The first-order valence-corrected chi connectivity index (χ1v) is 18.0. The van der Waals surface area contributed by atoms with E-state index in [1.807, 2.05) is 6.07 Å². The second kappa shape index (κ2) is 14.5. The monoisotopic (exact) mass is 669 g/mol. The molecule has 6 heterocycles. The van der Waals surface area contributed by atoms with Crippen LogP contribution >= 0.6 is 0 Å². The molecule has 4 fully saturated rings. The molecule has 4 aliphatic rings. The minimum atomic E-state index is -0.678. The van der Waals surface area contributed by atoms with Gasteiger partial charge in [-0.25, -0.2) is 9.97 Å². The molecule has 7 rings (SSSR count). The van der Waals surface area contributed by atoms with Crippen LogP contribution in [0, 0.1) is 5.41 Å². The fourth-order valence-electron chi connectivity index (χ4n) is 8.37. The molecule has 12 heteroatoms. The van der Waals surface area contributed by atoms with Gasteiger partial charge in [0.25, 0.3) is 5.91 Å². The van der Waals surface area contributed by atoms with Crippen LogP contribution in [-0.4, -0.2) is 109 Å². The molecule has 0 radical (unpaired) electrons. The molecule has 3 aromatic rings. The number of hydrogen-bond acceptors (Lipinski definition) is 11. The summed E-state index contributed by atoms with van der Waals surface area (Å²) in [4.78, 5) is 34.8. The maximum atomic E-state index is 12.8. The summed E-state index contributed by atoms with van der Waals surface area (Å²) in [6.07, 6.45) is 9.30. The van der Waals surface area contributed by atoms with E-state index in [9.17, 15) is 4.79 Å². The minimum absolute atomic E-state index is 0.0393. The van der Waals surface area contributed by atoms with Gasteiger partial charge in [-0.15, -0.1) is 0 Å². The number of nitrogens with one attached hydrogen (secondary N) is 2. The number of amides is 1. The van der Waals surface area contributed by atoms with Crippen LogP contribution in [0.2, 0.25) is 0 Å². The first kappa shape index (κ1) is 33.5. The second-order valence-electron chi connectivity index (χ2n) is 14.3. The van der Waals surface area contributed by atoms with Crippen molar-refractivity contribution in [3.63, 3.8) is 0 Å². The quantitative estimate of drug-likeness (QED) is 0.281. The van der Waals surface area contributed by atoms with E-state index in [2.05, 4.69) is 62.5 Å². The molecule has 262 valence electrons. The van der Waals surface area contributed by atoms with E-state index in [-0.39, 0.29) is 11.7 Å². The van der Waals surface area contributed by atoms with Gasteiger partial charge in [0, 0.05) is 69.0 Å². The van der Waals surface area contributed by atoms with Crippen molar-refractivity contribution in [3.05, 3.63) is 47.8 Å². The SMILES string of the molecule is CCc1cc(Nc2nc(NC3CCOCC3)c(-c3ncccc3OC)nc2C(N)=O)ccc1N1CCC(N2CCC3(CC2)CN(C)C3)CC1. The van der Waals surface area contributed by atoms with Gasteiger partial charge in [-0.3, -0.25) is 9.78 Å². The molecule has 1 aromatic carbocycles. The van der Waals surface area contributed by atoms with E-state index < -0.39 is 5.91 Å². The average molecular weight is 670 g/mol. The molecule has 4 N–H and O–H groups in total. The van der Waals surface area contributed by atoms with Gasteiger partial charge < -0.3 is 40.5 Å².